The number of rotatable bonds is 4. The SMILES string of the molecule is COC(=O)c1ccccc1Cc1nc(C)sc1C(=O)OC(C)(C)C. The van der Waals surface area contributed by atoms with E-state index in [1.54, 1.807) is 12.1 Å². The third-order valence-electron chi connectivity index (χ3n) is 3.17. The highest BCUT2D eigenvalue weighted by Gasteiger charge is 2.24. The van der Waals surface area contributed by atoms with Crippen LogP contribution in [0, 0.1) is 6.92 Å². The molecule has 0 bridgehead atoms. The van der Waals surface area contributed by atoms with Crippen molar-refractivity contribution >= 4 is 23.3 Å². The fraction of sp³-hybridized carbons (Fsp3) is 0.389. The Kier molecular flexibility index (Phi) is 5.39. The largest absolute Gasteiger partial charge is 0.465 e. The number of carbonyl (C=O) groups excluding carboxylic acids is 2. The summed E-state index contributed by atoms with van der Waals surface area (Å²) < 4.78 is 10.3. The molecule has 2 aromatic rings. The normalized spacial score (nSPS) is 11.2. The smallest absolute Gasteiger partial charge is 0.350 e. The number of hydrogen-bond donors (Lipinski definition) is 0. The highest BCUT2D eigenvalue weighted by molar-refractivity contribution is 7.13. The zero-order chi connectivity index (χ0) is 17.9. The zero-order valence-electron chi connectivity index (χ0n) is 14.5. The van der Waals surface area contributed by atoms with Crippen molar-refractivity contribution < 1.29 is 19.1 Å². The molecule has 0 saturated heterocycles. The Morgan fingerprint density at radius 1 is 1.17 bits per heavy atom. The van der Waals surface area contributed by atoms with E-state index in [1.807, 2.05) is 39.8 Å². The predicted molar refractivity (Wildman–Crippen MR) is 92.6 cm³/mol. The summed E-state index contributed by atoms with van der Waals surface area (Å²) in [5.74, 6) is -0.796. The van der Waals surface area contributed by atoms with Crippen LogP contribution in [0.1, 0.15) is 57.1 Å². The molecule has 1 aromatic carbocycles. The maximum Gasteiger partial charge on any atom is 0.350 e. The van der Waals surface area contributed by atoms with Crippen LogP contribution in [0.25, 0.3) is 0 Å². The van der Waals surface area contributed by atoms with Crippen LogP contribution < -0.4 is 0 Å². The van der Waals surface area contributed by atoms with Crippen LogP contribution in [-0.4, -0.2) is 29.6 Å². The first-order valence-electron chi connectivity index (χ1n) is 7.57. The van der Waals surface area contributed by atoms with Crippen LogP contribution in [0.15, 0.2) is 24.3 Å². The number of aromatic nitrogens is 1. The Hall–Kier alpha value is -2.21. The quantitative estimate of drug-likeness (QED) is 0.788. The number of thiazole rings is 1. The number of hydrogen-bond acceptors (Lipinski definition) is 6. The second kappa shape index (κ2) is 7.13. The number of ether oxygens (including phenoxy) is 2. The van der Waals surface area contributed by atoms with Crippen LogP contribution >= 0.6 is 11.3 Å². The highest BCUT2D eigenvalue weighted by Crippen LogP contribution is 2.25. The van der Waals surface area contributed by atoms with Gasteiger partial charge in [-0.05, 0) is 39.3 Å². The van der Waals surface area contributed by atoms with Gasteiger partial charge in [0, 0.05) is 6.42 Å². The molecule has 24 heavy (non-hydrogen) atoms. The molecule has 0 aliphatic rings. The van der Waals surface area contributed by atoms with Crippen molar-refractivity contribution in [2.24, 2.45) is 0 Å². The van der Waals surface area contributed by atoms with Crippen molar-refractivity contribution in [2.45, 2.75) is 39.7 Å². The lowest BCUT2D eigenvalue weighted by Crippen LogP contribution is -2.24. The summed E-state index contributed by atoms with van der Waals surface area (Å²) in [6.45, 7) is 7.31. The first-order chi connectivity index (χ1) is 11.2. The number of benzene rings is 1. The molecule has 0 N–H and O–H groups in total. The van der Waals surface area contributed by atoms with Gasteiger partial charge in [-0.15, -0.1) is 11.3 Å². The molecule has 128 valence electrons. The van der Waals surface area contributed by atoms with Crippen molar-refractivity contribution in [2.75, 3.05) is 7.11 Å². The van der Waals surface area contributed by atoms with Gasteiger partial charge in [-0.25, -0.2) is 14.6 Å². The Labute approximate surface area is 145 Å². The Balaban J connectivity index is 2.35. The minimum absolute atomic E-state index is 0.365. The highest BCUT2D eigenvalue weighted by atomic mass is 32.1. The van der Waals surface area contributed by atoms with Crippen molar-refractivity contribution in [3.8, 4) is 0 Å². The number of aryl methyl sites for hydroxylation is 1. The summed E-state index contributed by atoms with van der Waals surface area (Å²) >= 11 is 1.30. The van der Waals surface area contributed by atoms with Crippen LogP contribution in [0.5, 0.6) is 0 Å². The second-order valence-corrected chi connectivity index (χ2v) is 7.54. The Morgan fingerprint density at radius 2 is 1.83 bits per heavy atom. The molecule has 0 saturated carbocycles. The molecular weight excluding hydrogens is 326 g/mol. The molecule has 1 heterocycles. The number of esters is 2. The monoisotopic (exact) mass is 347 g/mol. The molecule has 0 spiro atoms. The molecule has 0 atom stereocenters. The van der Waals surface area contributed by atoms with E-state index < -0.39 is 17.5 Å². The molecule has 0 aliphatic carbocycles. The molecule has 2 rings (SSSR count). The maximum absolute atomic E-state index is 12.4. The topological polar surface area (TPSA) is 65.5 Å². The first-order valence-corrected chi connectivity index (χ1v) is 8.39. The van der Waals surface area contributed by atoms with Crippen molar-refractivity contribution in [3.63, 3.8) is 0 Å². The zero-order valence-corrected chi connectivity index (χ0v) is 15.3. The second-order valence-electron chi connectivity index (χ2n) is 6.34. The minimum Gasteiger partial charge on any atom is -0.465 e. The molecule has 0 aliphatic heterocycles. The summed E-state index contributed by atoms with van der Waals surface area (Å²) in [6, 6.07) is 7.15. The van der Waals surface area contributed by atoms with E-state index in [0.717, 1.165) is 10.6 Å². The van der Waals surface area contributed by atoms with Crippen molar-refractivity contribution in [1.82, 2.24) is 4.98 Å². The summed E-state index contributed by atoms with van der Waals surface area (Å²) in [7, 11) is 1.35. The van der Waals surface area contributed by atoms with Gasteiger partial charge in [-0.3, -0.25) is 0 Å². The molecule has 0 amide bonds. The van der Waals surface area contributed by atoms with E-state index in [0.29, 0.717) is 22.6 Å². The Bertz CT molecular complexity index is 759. The van der Waals surface area contributed by atoms with Crippen molar-refractivity contribution in [3.05, 3.63) is 51.0 Å². The van der Waals surface area contributed by atoms with E-state index >= 15 is 0 Å². The summed E-state index contributed by atoms with van der Waals surface area (Å²) in [5.41, 5.74) is 1.28. The standard InChI is InChI=1S/C18H21NO4S/c1-11-19-14(15(24-11)17(21)23-18(2,3)4)10-12-8-6-7-9-13(12)16(20)22-5/h6-9H,10H2,1-5H3. The van der Waals surface area contributed by atoms with E-state index in [2.05, 4.69) is 4.98 Å². The molecular formula is C18H21NO4S. The molecule has 0 radical (unpaired) electrons. The van der Waals surface area contributed by atoms with Crippen LogP contribution in [0.4, 0.5) is 0 Å². The minimum atomic E-state index is -0.573. The van der Waals surface area contributed by atoms with Crippen LogP contribution in [0.3, 0.4) is 0 Å². The van der Waals surface area contributed by atoms with E-state index in [9.17, 15) is 9.59 Å². The maximum atomic E-state index is 12.4. The molecule has 0 fully saturated rings. The third kappa shape index (κ3) is 4.41. The summed E-state index contributed by atoms with van der Waals surface area (Å²) in [6.07, 6.45) is 0.365. The van der Waals surface area contributed by atoms with E-state index in [4.69, 9.17) is 9.47 Å². The van der Waals surface area contributed by atoms with Gasteiger partial charge in [0.05, 0.1) is 23.4 Å². The van der Waals surface area contributed by atoms with Crippen LogP contribution in [0.2, 0.25) is 0 Å². The third-order valence-corrected chi connectivity index (χ3v) is 4.16. The van der Waals surface area contributed by atoms with E-state index in [-0.39, 0.29) is 0 Å². The lowest BCUT2D eigenvalue weighted by molar-refractivity contribution is 0.00738. The van der Waals surface area contributed by atoms with Gasteiger partial charge in [0.15, 0.2) is 0 Å². The fourth-order valence-electron chi connectivity index (χ4n) is 2.24. The van der Waals surface area contributed by atoms with Gasteiger partial charge >= 0.3 is 11.9 Å². The molecule has 0 unspecified atom stereocenters. The number of carbonyl (C=O) groups is 2. The lowest BCUT2D eigenvalue weighted by Gasteiger charge is -2.19. The van der Waals surface area contributed by atoms with Crippen LogP contribution in [-0.2, 0) is 15.9 Å². The Morgan fingerprint density at radius 3 is 2.46 bits per heavy atom. The van der Waals surface area contributed by atoms with E-state index in [1.165, 1.54) is 18.4 Å². The first kappa shape index (κ1) is 18.1. The molecule has 6 heteroatoms. The fourth-order valence-corrected chi connectivity index (χ4v) is 3.05. The summed E-state index contributed by atoms with van der Waals surface area (Å²) in [4.78, 5) is 29.2. The number of methoxy groups -OCH3 is 1. The average Bonchev–Trinajstić information content (AvgIpc) is 2.86. The van der Waals surface area contributed by atoms with Gasteiger partial charge in [-0.1, -0.05) is 18.2 Å². The lowest BCUT2D eigenvalue weighted by atomic mass is 10.0. The van der Waals surface area contributed by atoms with Gasteiger partial charge in [-0.2, -0.15) is 0 Å². The molecule has 1 aromatic heterocycles. The predicted octanol–water partition coefficient (Wildman–Crippen LogP) is 3.78. The van der Waals surface area contributed by atoms with Gasteiger partial charge < -0.3 is 9.47 Å². The average molecular weight is 347 g/mol. The number of nitrogens with zero attached hydrogens (tertiary/aromatic N) is 1. The molecule has 5 nitrogen and oxygen atoms in total. The summed E-state index contributed by atoms with van der Waals surface area (Å²) in [5, 5.41) is 0.779. The van der Waals surface area contributed by atoms with Gasteiger partial charge in [0.1, 0.15) is 10.5 Å². The van der Waals surface area contributed by atoms with Crippen molar-refractivity contribution in [1.29, 1.82) is 0 Å². The van der Waals surface area contributed by atoms with Gasteiger partial charge in [0.2, 0.25) is 0 Å². The van der Waals surface area contributed by atoms with Gasteiger partial charge in [0.25, 0.3) is 0 Å².